The maximum atomic E-state index is 12.3. The molecule has 0 saturated heterocycles. The Morgan fingerprint density at radius 1 is 1.31 bits per heavy atom. The van der Waals surface area contributed by atoms with Crippen LogP contribution >= 0.6 is 11.6 Å². The number of H-pyrrole nitrogens is 1. The second-order valence-electron chi connectivity index (χ2n) is 6.00. The number of nitrogens with one attached hydrogen (secondary N) is 1. The lowest BCUT2D eigenvalue weighted by Gasteiger charge is -2.06. The summed E-state index contributed by atoms with van der Waals surface area (Å²) in [6, 6.07) is 9.76. The van der Waals surface area contributed by atoms with Gasteiger partial charge in [0.1, 0.15) is 6.61 Å². The SMILES string of the molecule is CCCCCn1c(=O)[nH]c2ncc(Cl)c(/C=N/OCc3ccccc3)c21. The van der Waals surface area contributed by atoms with Crippen molar-refractivity contribution in [2.45, 2.75) is 39.3 Å². The highest BCUT2D eigenvalue weighted by atomic mass is 35.5. The Hall–Kier alpha value is -2.60. The van der Waals surface area contributed by atoms with E-state index in [2.05, 4.69) is 22.0 Å². The lowest BCUT2D eigenvalue weighted by Crippen LogP contribution is -2.17. The standard InChI is InChI=1S/C19H21ClN4O2/c1-2-3-7-10-24-17-15(16(20)12-21-18(17)23-19(24)25)11-22-26-13-14-8-5-4-6-9-14/h4-6,8-9,11-12H,2-3,7,10,13H2,1H3,(H,21,23,25)/b22-11+. The number of hydrogen-bond acceptors (Lipinski definition) is 4. The molecular formula is C19H21ClN4O2. The monoisotopic (exact) mass is 372 g/mol. The minimum atomic E-state index is -0.189. The van der Waals surface area contributed by atoms with Gasteiger partial charge in [-0.05, 0) is 12.0 Å². The highest BCUT2D eigenvalue weighted by Gasteiger charge is 2.14. The molecule has 2 heterocycles. The van der Waals surface area contributed by atoms with Gasteiger partial charge in [-0.25, -0.2) is 9.78 Å². The summed E-state index contributed by atoms with van der Waals surface area (Å²) in [7, 11) is 0. The van der Waals surface area contributed by atoms with Crippen LogP contribution < -0.4 is 5.69 Å². The summed E-state index contributed by atoms with van der Waals surface area (Å²) in [6.07, 6.45) is 6.10. The number of oxime groups is 1. The number of halogens is 1. The summed E-state index contributed by atoms with van der Waals surface area (Å²) in [5.74, 6) is 0. The van der Waals surface area contributed by atoms with Crippen molar-refractivity contribution in [1.29, 1.82) is 0 Å². The minimum Gasteiger partial charge on any atom is -0.391 e. The maximum Gasteiger partial charge on any atom is 0.327 e. The number of benzene rings is 1. The van der Waals surface area contributed by atoms with Crippen molar-refractivity contribution in [2.75, 3.05) is 0 Å². The van der Waals surface area contributed by atoms with Crippen LogP contribution in [-0.4, -0.2) is 20.7 Å². The Morgan fingerprint density at radius 3 is 2.88 bits per heavy atom. The number of aryl methyl sites for hydroxylation is 1. The van der Waals surface area contributed by atoms with Crippen LogP contribution in [0.25, 0.3) is 11.2 Å². The molecule has 2 aromatic heterocycles. The van der Waals surface area contributed by atoms with Crippen molar-refractivity contribution in [2.24, 2.45) is 5.16 Å². The number of nitrogens with zero attached hydrogens (tertiary/aromatic N) is 3. The van der Waals surface area contributed by atoms with E-state index >= 15 is 0 Å². The van der Waals surface area contributed by atoms with Crippen molar-refractivity contribution >= 4 is 29.0 Å². The molecule has 0 unspecified atom stereocenters. The topological polar surface area (TPSA) is 72.3 Å². The zero-order valence-corrected chi connectivity index (χ0v) is 15.4. The molecule has 7 heteroatoms. The molecule has 1 N–H and O–H groups in total. The fraction of sp³-hybridized carbons (Fsp3) is 0.316. The van der Waals surface area contributed by atoms with Gasteiger partial charge in [0, 0.05) is 18.3 Å². The van der Waals surface area contributed by atoms with Crippen molar-refractivity contribution in [3.8, 4) is 0 Å². The van der Waals surface area contributed by atoms with Gasteiger partial charge >= 0.3 is 5.69 Å². The summed E-state index contributed by atoms with van der Waals surface area (Å²) in [5.41, 5.74) is 2.62. The summed E-state index contributed by atoms with van der Waals surface area (Å²) in [5, 5.41) is 4.45. The van der Waals surface area contributed by atoms with Crippen LogP contribution in [0.5, 0.6) is 0 Å². The predicted octanol–water partition coefficient (Wildman–Crippen LogP) is 4.12. The largest absolute Gasteiger partial charge is 0.391 e. The normalized spacial score (nSPS) is 11.5. The molecule has 0 aliphatic rings. The van der Waals surface area contributed by atoms with Crippen molar-refractivity contribution in [1.82, 2.24) is 14.5 Å². The number of imidazole rings is 1. The molecule has 0 aliphatic heterocycles. The van der Waals surface area contributed by atoms with Gasteiger partial charge in [0.05, 0.1) is 16.8 Å². The summed E-state index contributed by atoms with van der Waals surface area (Å²) < 4.78 is 1.67. The Balaban J connectivity index is 1.85. The predicted molar refractivity (Wildman–Crippen MR) is 104 cm³/mol. The number of hydrogen-bond donors (Lipinski definition) is 1. The van der Waals surface area contributed by atoms with Crippen LogP contribution in [0.1, 0.15) is 37.3 Å². The van der Waals surface area contributed by atoms with Crippen LogP contribution in [0.3, 0.4) is 0 Å². The van der Waals surface area contributed by atoms with Gasteiger partial charge in [0.25, 0.3) is 0 Å². The van der Waals surface area contributed by atoms with Crippen LogP contribution in [0.2, 0.25) is 5.02 Å². The lowest BCUT2D eigenvalue weighted by atomic mass is 10.2. The van der Waals surface area contributed by atoms with E-state index in [1.54, 1.807) is 10.8 Å². The Morgan fingerprint density at radius 2 is 2.12 bits per heavy atom. The first-order valence-electron chi connectivity index (χ1n) is 8.67. The van der Waals surface area contributed by atoms with Crippen molar-refractivity contribution in [3.05, 3.63) is 63.2 Å². The Labute approximate surface area is 156 Å². The van der Waals surface area contributed by atoms with Gasteiger partial charge < -0.3 is 4.84 Å². The van der Waals surface area contributed by atoms with Gasteiger partial charge in [0.2, 0.25) is 0 Å². The van der Waals surface area contributed by atoms with Gasteiger partial charge in [-0.3, -0.25) is 9.55 Å². The molecule has 0 saturated carbocycles. The molecule has 1 aromatic carbocycles. The molecule has 0 radical (unpaired) electrons. The molecule has 0 spiro atoms. The van der Waals surface area contributed by atoms with E-state index in [9.17, 15) is 4.79 Å². The molecule has 6 nitrogen and oxygen atoms in total. The summed E-state index contributed by atoms with van der Waals surface area (Å²) >= 11 is 6.30. The van der Waals surface area contributed by atoms with E-state index in [-0.39, 0.29) is 5.69 Å². The quantitative estimate of drug-likeness (QED) is 0.367. The molecule has 0 fully saturated rings. The third-order valence-corrected chi connectivity index (χ3v) is 4.40. The number of rotatable bonds is 8. The van der Waals surface area contributed by atoms with Gasteiger partial charge in [0.15, 0.2) is 5.65 Å². The average Bonchev–Trinajstić information content (AvgIpc) is 2.97. The number of aromatic amines is 1. The van der Waals surface area contributed by atoms with E-state index in [0.29, 0.717) is 34.9 Å². The second kappa shape index (κ2) is 8.67. The molecule has 0 atom stereocenters. The maximum absolute atomic E-state index is 12.3. The smallest absolute Gasteiger partial charge is 0.327 e. The highest BCUT2D eigenvalue weighted by Crippen LogP contribution is 2.21. The summed E-state index contributed by atoms with van der Waals surface area (Å²) in [6.45, 7) is 3.10. The molecule has 0 bridgehead atoms. The van der Waals surface area contributed by atoms with E-state index < -0.39 is 0 Å². The minimum absolute atomic E-state index is 0.189. The average molecular weight is 373 g/mol. The number of aromatic nitrogens is 3. The highest BCUT2D eigenvalue weighted by molar-refractivity contribution is 6.34. The first kappa shape index (κ1) is 18.2. The van der Waals surface area contributed by atoms with E-state index in [1.807, 2.05) is 30.3 Å². The molecule has 26 heavy (non-hydrogen) atoms. The van der Waals surface area contributed by atoms with Crippen molar-refractivity contribution in [3.63, 3.8) is 0 Å². The molecule has 3 aromatic rings. The molecule has 0 aliphatic carbocycles. The number of unbranched alkanes of at least 4 members (excludes halogenated alkanes) is 2. The molecule has 0 amide bonds. The van der Waals surface area contributed by atoms with Crippen molar-refractivity contribution < 1.29 is 4.84 Å². The fourth-order valence-corrected chi connectivity index (χ4v) is 2.95. The van der Waals surface area contributed by atoms with Gasteiger partial charge in [-0.1, -0.05) is 66.9 Å². The van der Waals surface area contributed by atoms with Gasteiger partial charge in [-0.2, -0.15) is 0 Å². The Bertz CT molecular complexity index is 947. The third kappa shape index (κ3) is 4.14. The van der Waals surface area contributed by atoms with E-state index in [1.165, 1.54) is 6.20 Å². The first-order chi connectivity index (χ1) is 12.7. The zero-order valence-electron chi connectivity index (χ0n) is 14.6. The third-order valence-electron chi connectivity index (χ3n) is 4.10. The zero-order chi connectivity index (χ0) is 18.4. The van der Waals surface area contributed by atoms with Gasteiger partial charge in [-0.15, -0.1) is 0 Å². The summed E-state index contributed by atoms with van der Waals surface area (Å²) in [4.78, 5) is 24.6. The molecule has 136 valence electrons. The lowest BCUT2D eigenvalue weighted by molar-refractivity contribution is 0.132. The van der Waals surface area contributed by atoms with Crippen LogP contribution in [-0.2, 0) is 18.0 Å². The first-order valence-corrected chi connectivity index (χ1v) is 9.04. The van der Waals surface area contributed by atoms with Crippen LogP contribution in [0.15, 0.2) is 46.5 Å². The van der Waals surface area contributed by atoms with E-state index in [4.69, 9.17) is 16.4 Å². The number of fused-ring (bicyclic) bond motifs is 1. The Kier molecular flexibility index (Phi) is 6.07. The van der Waals surface area contributed by atoms with E-state index in [0.717, 1.165) is 24.8 Å². The molecule has 3 rings (SSSR count). The molecular weight excluding hydrogens is 352 g/mol. The van der Waals surface area contributed by atoms with Crippen LogP contribution in [0.4, 0.5) is 0 Å². The second-order valence-corrected chi connectivity index (χ2v) is 6.41. The fourth-order valence-electron chi connectivity index (χ4n) is 2.76. The number of pyridine rings is 1. The van der Waals surface area contributed by atoms with Crippen LogP contribution in [0, 0.1) is 0 Å².